The zero-order valence-corrected chi connectivity index (χ0v) is 14.4. The summed E-state index contributed by atoms with van der Waals surface area (Å²) in [5, 5.41) is 6.07. The molecular weight excluding hydrogens is 333 g/mol. The summed E-state index contributed by atoms with van der Waals surface area (Å²) in [5.41, 5.74) is -0.746. The number of hydrogen-bond acceptors (Lipinski definition) is 3. The fourth-order valence-corrected chi connectivity index (χ4v) is 3.07. The Morgan fingerprint density at radius 1 is 1.36 bits per heavy atom. The molecule has 2 rings (SSSR count). The summed E-state index contributed by atoms with van der Waals surface area (Å²) >= 11 is 0. The van der Waals surface area contributed by atoms with Crippen LogP contribution in [0.3, 0.4) is 0 Å². The molecule has 4 nitrogen and oxygen atoms in total. The molecule has 2 N–H and O–H groups in total. The summed E-state index contributed by atoms with van der Waals surface area (Å²) in [5.74, 6) is 0.991. The molecular formula is C18H25F3N2O2. The highest BCUT2D eigenvalue weighted by molar-refractivity contribution is 5.76. The van der Waals surface area contributed by atoms with Crippen molar-refractivity contribution in [1.29, 1.82) is 0 Å². The topological polar surface area (TPSA) is 50.4 Å². The minimum absolute atomic E-state index is 0.0429. The second-order valence-electron chi connectivity index (χ2n) is 6.49. The molecule has 1 saturated heterocycles. The highest BCUT2D eigenvalue weighted by Crippen LogP contribution is 2.31. The van der Waals surface area contributed by atoms with E-state index < -0.39 is 11.7 Å². The van der Waals surface area contributed by atoms with Crippen molar-refractivity contribution in [3.63, 3.8) is 0 Å². The first-order chi connectivity index (χ1) is 11.9. The Morgan fingerprint density at radius 3 is 2.76 bits per heavy atom. The van der Waals surface area contributed by atoms with E-state index in [2.05, 4.69) is 17.6 Å². The van der Waals surface area contributed by atoms with Gasteiger partial charge in [0.15, 0.2) is 0 Å². The summed E-state index contributed by atoms with van der Waals surface area (Å²) in [6, 6.07) is 4.73. The van der Waals surface area contributed by atoms with Gasteiger partial charge in [0.2, 0.25) is 5.91 Å². The second kappa shape index (κ2) is 9.08. The summed E-state index contributed by atoms with van der Waals surface area (Å²) in [4.78, 5) is 12.0. The normalized spacial score (nSPS) is 17.1. The Kier molecular flexibility index (Phi) is 7.11. The van der Waals surface area contributed by atoms with Crippen LogP contribution in [-0.4, -0.2) is 32.1 Å². The highest BCUT2D eigenvalue weighted by Gasteiger charge is 2.30. The summed E-state index contributed by atoms with van der Waals surface area (Å²) < 4.78 is 43.2. The second-order valence-corrected chi connectivity index (χ2v) is 6.49. The van der Waals surface area contributed by atoms with Gasteiger partial charge in [-0.2, -0.15) is 13.2 Å². The van der Waals surface area contributed by atoms with Gasteiger partial charge in [0, 0.05) is 6.42 Å². The minimum Gasteiger partial charge on any atom is -0.492 e. The van der Waals surface area contributed by atoms with Crippen molar-refractivity contribution in [3.05, 3.63) is 29.8 Å². The lowest BCUT2D eigenvalue weighted by Gasteiger charge is -2.27. The van der Waals surface area contributed by atoms with Crippen LogP contribution in [0.15, 0.2) is 24.3 Å². The van der Waals surface area contributed by atoms with E-state index in [1.165, 1.54) is 12.1 Å². The molecule has 0 saturated carbocycles. The average molecular weight is 358 g/mol. The molecule has 0 bridgehead atoms. The number of alkyl halides is 3. The van der Waals surface area contributed by atoms with Crippen LogP contribution in [0.25, 0.3) is 0 Å². The number of halogens is 3. The van der Waals surface area contributed by atoms with Crippen molar-refractivity contribution in [2.75, 3.05) is 26.2 Å². The number of nitrogens with one attached hydrogen (secondary N) is 2. The van der Waals surface area contributed by atoms with Gasteiger partial charge < -0.3 is 15.4 Å². The Hall–Kier alpha value is -1.76. The molecule has 1 atom stereocenters. The van der Waals surface area contributed by atoms with Crippen molar-refractivity contribution in [3.8, 4) is 5.75 Å². The third-order valence-corrected chi connectivity index (χ3v) is 4.55. The number of carbonyl (C=O) groups is 1. The zero-order valence-electron chi connectivity index (χ0n) is 14.4. The standard InChI is InChI=1S/C18H25F3N2O2/c1-13(14-5-7-22-8-6-14)11-17(24)23-9-10-25-16-4-2-3-15(12-16)18(19,20)21/h2-4,12-14,22H,5-11H2,1H3,(H,23,24). The molecule has 0 radical (unpaired) electrons. The smallest absolute Gasteiger partial charge is 0.416 e. The summed E-state index contributed by atoms with van der Waals surface area (Å²) in [6.45, 7) is 4.50. The molecule has 1 unspecified atom stereocenters. The molecule has 1 aromatic rings. The van der Waals surface area contributed by atoms with Crippen LogP contribution in [-0.2, 0) is 11.0 Å². The number of piperidine rings is 1. The molecule has 1 fully saturated rings. The van der Waals surface area contributed by atoms with Crippen molar-refractivity contribution in [2.24, 2.45) is 11.8 Å². The van der Waals surface area contributed by atoms with Gasteiger partial charge in [-0.05, 0) is 56.0 Å². The molecule has 7 heteroatoms. The number of ether oxygens (including phenoxy) is 1. The Labute approximate surface area is 146 Å². The average Bonchev–Trinajstić information content (AvgIpc) is 2.59. The first-order valence-electron chi connectivity index (χ1n) is 8.63. The van der Waals surface area contributed by atoms with E-state index >= 15 is 0 Å². The molecule has 1 aliphatic rings. The molecule has 1 aliphatic heterocycles. The van der Waals surface area contributed by atoms with Crippen LogP contribution in [0.4, 0.5) is 13.2 Å². The third kappa shape index (κ3) is 6.57. The van der Waals surface area contributed by atoms with Crippen LogP contribution < -0.4 is 15.4 Å². The van der Waals surface area contributed by atoms with E-state index in [0.29, 0.717) is 18.3 Å². The van der Waals surface area contributed by atoms with Gasteiger partial charge in [-0.25, -0.2) is 0 Å². The Bertz CT molecular complexity index is 557. The lowest BCUT2D eigenvalue weighted by molar-refractivity contribution is -0.137. The van der Waals surface area contributed by atoms with Crippen LogP contribution in [0.5, 0.6) is 5.75 Å². The first-order valence-corrected chi connectivity index (χ1v) is 8.63. The zero-order chi connectivity index (χ0) is 18.3. The van der Waals surface area contributed by atoms with Gasteiger partial charge in [0.1, 0.15) is 12.4 Å². The first kappa shape index (κ1) is 19.6. The maximum absolute atomic E-state index is 12.6. The number of rotatable bonds is 7. The van der Waals surface area contributed by atoms with E-state index in [9.17, 15) is 18.0 Å². The molecule has 1 heterocycles. The minimum atomic E-state index is -4.39. The van der Waals surface area contributed by atoms with Crippen molar-refractivity contribution >= 4 is 5.91 Å². The number of carbonyl (C=O) groups excluding carboxylic acids is 1. The Morgan fingerprint density at radius 2 is 2.08 bits per heavy atom. The molecule has 1 aromatic carbocycles. The fourth-order valence-electron chi connectivity index (χ4n) is 3.07. The molecule has 25 heavy (non-hydrogen) atoms. The largest absolute Gasteiger partial charge is 0.492 e. The lowest BCUT2D eigenvalue weighted by Crippen LogP contribution is -2.34. The van der Waals surface area contributed by atoms with Crippen molar-refractivity contribution in [1.82, 2.24) is 10.6 Å². The predicted molar refractivity (Wildman–Crippen MR) is 89.3 cm³/mol. The van der Waals surface area contributed by atoms with Crippen LogP contribution in [0, 0.1) is 11.8 Å². The van der Waals surface area contributed by atoms with E-state index in [0.717, 1.165) is 38.1 Å². The van der Waals surface area contributed by atoms with Crippen LogP contribution in [0.2, 0.25) is 0 Å². The van der Waals surface area contributed by atoms with Gasteiger partial charge >= 0.3 is 6.18 Å². The predicted octanol–water partition coefficient (Wildman–Crippen LogP) is 3.23. The molecule has 0 spiro atoms. The summed E-state index contributed by atoms with van der Waals surface area (Å²) in [7, 11) is 0. The van der Waals surface area contributed by atoms with E-state index in [4.69, 9.17) is 4.74 Å². The van der Waals surface area contributed by atoms with Gasteiger partial charge in [-0.15, -0.1) is 0 Å². The number of hydrogen-bond donors (Lipinski definition) is 2. The maximum atomic E-state index is 12.6. The number of benzene rings is 1. The van der Waals surface area contributed by atoms with Gasteiger partial charge in [-0.3, -0.25) is 4.79 Å². The quantitative estimate of drug-likeness (QED) is 0.736. The highest BCUT2D eigenvalue weighted by atomic mass is 19.4. The molecule has 0 aromatic heterocycles. The maximum Gasteiger partial charge on any atom is 0.416 e. The SMILES string of the molecule is CC(CC(=O)NCCOc1cccc(C(F)(F)F)c1)C1CCNCC1. The van der Waals surface area contributed by atoms with Gasteiger partial charge in [0.05, 0.1) is 12.1 Å². The lowest BCUT2D eigenvalue weighted by atomic mass is 9.84. The van der Waals surface area contributed by atoms with Crippen LogP contribution in [0.1, 0.15) is 31.7 Å². The molecule has 0 aliphatic carbocycles. The molecule has 1 amide bonds. The van der Waals surface area contributed by atoms with Gasteiger partial charge in [0.25, 0.3) is 0 Å². The Balaban J connectivity index is 1.67. The van der Waals surface area contributed by atoms with Crippen molar-refractivity contribution in [2.45, 2.75) is 32.4 Å². The van der Waals surface area contributed by atoms with Crippen LogP contribution >= 0.6 is 0 Å². The summed E-state index contributed by atoms with van der Waals surface area (Å²) in [6.07, 6.45) is -1.74. The molecule has 140 valence electrons. The van der Waals surface area contributed by atoms with E-state index in [-0.39, 0.29) is 24.8 Å². The van der Waals surface area contributed by atoms with E-state index in [1.54, 1.807) is 0 Å². The fraction of sp³-hybridized carbons (Fsp3) is 0.611. The number of amides is 1. The monoisotopic (exact) mass is 358 g/mol. The van der Waals surface area contributed by atoms with Crippen molar-refractivity contribution < 1.29 is 22.7 Å². The van der Waals surface area contributed by atoms with Gasteiger partial charge in [-0.1, -0.05) is 13.0 Å². The van der Waals surface area contributed by atoms with E-state index in [1.807, 2.05) is 0 Å². The third-order valence-electron chi connectivity index (χ3n) is 4.55.